The van der Waals surface area contributed by atoms with E-state index in [0.29, 0.717) is 0 Å². The van der Waals surface area contributed by atoms with Crippen molar-refractivity contribution in [1.82, 2.24) is 5.32 Å². The summed E-state index contributed by atoms with van der Waals surface area (Å²) in [6, 6.07) is 0. The first-order valence-electron chi connectivity index (χ1n) is 5.15. The first-order valence-corrected chi connectivity index (χ1v) is 5.15. The molecule has 0 aliphatic heterocycles. The van der Waals surface area contributed by atoms with Gasteiger partial charge in [-0.3, -0.25) is 0 Å². The molecule has 1 N–H and O–H groups in total. The van der Waals surface area contributed by atoms with E-state index in [1.165, 1.54) is 12.8 Å². The molecular formula is C11H19NO. The Balaban J connectivity index is 1.66. The molecule has 1 aliphatic rings. The van der Waals surface area contributed by atoms with Crippen molar-refractivity contribution in [3.8, 4) is 12.3 Å². The minimum atomic E-state index is 0.840. The summed E-state index contributed by atoms with van der Waals surface area (Å²) in [5.41, 5.74) is 0. The molecule has 0 aromatic rings. The van der Waals surface area contributed by atoms with Crippen LogP contribution in [0.15, 0.2) is 0 Å². The van der Waals surface area contributed by atoms with E-state index < -0.39 is 0 Å². The number of rotatable bonds is 8. The van der Waals surface area contributed by atoms with Gasteiger partial charge in [-0.2, -0.15) is 0 Å². The van der Waals surface area contributed by atoms with Gasteiger partial charge in [-0.25, -0.2) is 0 Å². The van der Waals surface area contributed by atoms with Crippen LogP contribution in [0, 0.1) is 18.3 Å². The van der Waals surface area contributed by atoms with Gasteiger partial charge in [0, 0.05) is 19.6 Å². The minimum absolute atomic E-state index is 0.840. The molecule has 1 saturated carbocycles. The predicted octanol–water partition coefficient (Wildman–Crippen LogP) is 1.42. The summed E-state index contributed by atoms with van der Waals surface area (Å²) >= 11 is 0. The highest BCUT2D eigenvalue weighted by Crippen LogP contribution is 2.28. The van der Waals surface area contributed by atoms with Gasteiger partial charge in [-0.05, 0) is 31.7 Å². The molecule has 0 amide bonds. The van der Waals surface area contributed by atoms with Crippen molar-refractivity contribution < 1.29 is 4.74 Å². The molecule has 0 unspecified atom stereocenters. The Morgan fingerprint density at radius 3 is 2.92 bits per heavy atom. The first-order chi connectivity index (χ1) is 6.43. The summed E-state index contributed by atoms with van der Waals surface area (Å²) in [7, 11) is 0. The van der Waals surface area contributed by atoms with Crippen molar-refractivity contribution in [1.29, 1.82) is 0 Å². The lowest BCUT2D eigenvalue weighted by molar-refractivity contribution is 0.126. The fourth-order valence-corrected chi connectivity index (χ4v) is 1.12. The maximum atomic E-state index is 5.46. The molecule has 13 heavy (non-hydrogen) atoms. The van der Waals surface area contributed by atoms with Gasteiger partial charge in [-0.15, -0.1) is 12.3 Å². The normalized spacial score (nSPS) is 15.6. The molecule has 1 fully saturated rings. The first kappa shape index (κ1) is 10.6. The van der Waals surface area contributed by atoms with E-state index in [1.807, 2.05) is 0 Å². The van der Waals surface area contributed by atoms with E-state index in [0.717, 1.165) is 45.1 Å². The van der Waals surface area contributed by atoms with Gasteiger partial charge in [0.15, 0.2) is 0 Å². The van der Waals surface area contributed by atoms with Crippen LogP contribution in [-0.2, 0) is 4.74 Å². The van der Waals surface area contributed by atoms with E-state index in [-0.39, 0.29) is 0 Å². The average molecular weight is 181 g/mol. The highest BCUT2D eigenvalue weighted by Gasteiger charge is 2.20. The molecule has 0 radical (unpaired) electrons. The van der Waals surface area contributed by atoms with Gasteiger partial charge in [0.05, 0.1) is 6.61 Å². The molecule has 2 heteroatoms. The Kier molecular flexibility index (Phi) is 5.64. The second-order valence-electron chi connectivity index (χ2n) is 3.58. The van der Waals surface area contributed by atoms with E-state index in [9.17, 15) is 0 Å². The molecule has 0 spiro atoms. The van der Waals surface area contributed by atoms with Gasteiger partial charge in [-0.1, -0.05) is 0 Å². The number of hydrogen-bond donors (Lipinski definition) is 1. The van der Waals surface area contributed by atoms with Crippen molar-refractivity contribution in [2.45, 2.75) is 25.7 Å². The third kappa shape index (κ3) is 6.62. The topological polar surface area (TPSA) is 21.3 Å². The Morgan fingerprint density at radius 1 is 1.38 bits per heavy atom. The number of unbranched alkanes of at least 4 members (excludes halogenated alkanes) is 1. The van der Waals surface area contributed by atoms with Crippen LogP contribution in [0.1, 0.15) is 25.7 Å². The Morgan fingerprint density at radius 2 is 2.23 bits per heavy atom. The maximum Gasteiger partial charge on any atom is 0.0591 e. The number of terminal acetylenes is 1. The van der Waals surface area contributed by atoms with Crippen molar-refractivity contribution in [3.05, 3.63) is 0 Å². The van der Waals surface area contributed by atoms with Gasteiger partial charge < -0.3 is 10.1 Å². The van der Waals surface area contributed by atoms with E-state index in [1.54, 1.807) is 0 Å². The molecule has 2 nitrogen and oxygen atoms in total. The Hall–Kier alpha value is -0.520. The van der Waals surface area contributed by atoms with Crippen molar-refractivity contribution in [2.24, 2.45) is 5.92 Å². The van der Waals surface area contributed by atoms with Crippen LogP contribution in [0.4, 0.5) is 0 Å². The summed E-state index contributed by atoms with van der Waals surface area (Å²) in [5, 5.41) is 3.29. The maximum absolute atomic E-state index is 5.46. The summed E-state index contributed by atoms with van der Waals surface area (Å²) in [6.07, 6.45) is 9.81. The molecule has 0 bridgehead atoms. The molecular weight excluding hydrogens is 162 g/mol. The second-order valence-corrected chi connectivity index (χ2v) is 3.58. The minimum Gasteiger partial charge on any atom is -0.380 e. The zero-order chi connectivity index (χ0) is 9.36. The van der Waals surface area contributed by atoms with Gasteiger partial charge in [0.2, 0.25) is 0 Å². The lowest BCUT2D eigenvalue weighted by Crippen LogP contribution is -2.21. The van der Waals surface area contributed by atoms with Crippen LogP contribution >= 0.6 is 0 Å². The van der Waals surface area contributed by atoms with Crippen LogP contribution in [0.5, 0.6) is 0 Å². The zero-order valence-electron chi connectivity index (χ0n) is 8.22. The SMILES string of the molecule is C#CCCCNCCOCC1CC1. The van der Waals surface area contributed by atoms with Crippen LogP contribution < -0.4 is 5.32 Å². The third-order valence-electron chi connectivity index (χ3n) is 2.15. The fourth-order valence-electron chi connectivity index (χ4n) is 1.12. The van der Waals surface area contributed by atoms with Crippen LogP contribution in [-0.4, -0.2) is 26.3 Å². The van der Waals surface area contributed by atoms with Crippen LogP contribution in [0.3, 0.4) is 0 Å². The second kappa shape index (κ2) is 6.94. The van der Waals surface area contributed by atoms with Crippen molar-refractivity contribution in [3.63, 3.8) is 0 Å². The zero-order valence-corrected chi connectivity index (χ0v) is 8.22. The van der Waals surface area contributed by atoms with Gasteiger partial charge >= 0.3 is 0 Å². The van der Waals surface area contributed by atoms with E-state index >= 15 is 0 Å². The van der Waals surface area contributed by atoms with E-state index in [4.69, 9.17) is 11.2 Å². The summed E-state index contributed by atoms with van der Waals surface area (Å²) in [5.74, 6) is 3.50. The average Bonchev–Trinajstić information content (AvgIpc) is 2.93. The predicted molar refractivity (Wildman–Crippen MR) is 54.5 cm³/mol. The molecule has 1 aliphatic carbocycles. The molecule has 0 saturated heterocycles. The standard InChI is InChI=1S/C11H19NO/c1-2-3-4-7-12-8-9-13-10-11-5-6-11/h1,11-12H,3-10H2. The van der Waals surface area contributed by atoms with Gasteiger partial charge in [0.25, 0.3) is 0 Å². The monoisotopic (exact) mass is 181 g/mol. The smallest absolute Gasteiger partial charge is 0.0591 e. The van der Waals surface area contributed by atoms with Crippen molar-refractivity contribution in [2.75, 3.05) is 26.3 Å². The summed E-state index contributed by atoms with van der Waals surface area (Å²) in [6.45, 7) is 3.77. The van der Waals surface area contributed by atoms with Gasteiger partial charge in [0.1, 0.15) is 0 Å². The molecule has 74 valence electrons. The number of ether oxygens (including phenoxy) is 1. The van der Waals surface area contributed by atoms with Crippen LogP contribution in [0.2, 0.25) is 0 Å². The number of nitrogens with one attached hydrogen (secondary N) is 1. The highest BCUT2D eigenvalue weighted by molar-refractivity contribution is 4.83. The lowest BCUT2D eigenvalue weighted by atomic mass is 10.3. The lowest BCUT2D eigenvalue weighted by Gasteiger charge is -2.04. The van der Waals surface area contributed by atoms with E-state index in [2.05, 4.69) is 11.2 Å². The Labute approximate surface area is 81.0 Å². The summed E-state index contributed by atoms with van der Waals surface area (Å²) < 4.78 is 5.46. The molecule has 1 rings (SSSR count). The molecule has 0 atom stereocenters. The fraction of sp³-hybridized carbons (Fsp3) is 0.818. The molecule has 0 heterocycles. The largest absolute Gasteiger partial charge is 0.380 e. The van der Waals surface area contributed by atoms with Crippen LogP contribution in [0.25, 0.3) is 0 Å². The number of hydrogen-bond acceptors (Lipinski definition) is 2. The third-order valence-corrected chi connectivity index (χ3v) is 2.15. The molecule has 0 aromatic carbocycles. The summed E-state index contributed by atoms with van der Waals surface area (Å²) in [4.78, 5) is 0. The highest BCUT2D eigenvalue weighted by atomic mass is 16.5. The quantitative estimate of drug-likeness (QED) is 0.451. The molecule has 0 aromatic heterocycles. The Bertz CT molecular complexity index is 158. The van der Waals surface area contributed by atoms with Crippen molar-refractivity contribution >= 4 is 0 Å².